The second-order valence-corrected chi connectivity index (χ2v) is 4.05. The molecule has 0 aliphatic rings. The summed E-state index contributed by atoms with van der Waals surface area (Å²) in [6.07, 6.45) is 0. The molecule has 0 aliphatic carbocycles. The molecular formula is C12H12BrNO4. The number of benzene rings is 1. The molecule has 0 atom stereocenters. The van der Waals surface area contributed by atoms with Gasteiger partial charge in [0.2, 0.25) is 0 Å². The maximum atomic E-state index is 11.2. The molecule has 1 rings (SSSR count). The highest BCUT2D eigenvalue weighted by molar-refractivity contribution is 9.10. The van der Waals surface area contributed by atoms with Crippen molar-refractivity contribution >= 4 is 21.9 Å². The summed E-state index contributed by atoms with van der Waals surface area (Å²) in [7, 11) is 1.46. The molecule has 5 nitrogen and oxygen atoms in total. The average molecular weight is 314 g/mol. The lowest BCUT2D eigenvalue weighted by Gasteiger charge is -2.12. The van der Waals surface area contributed by atoms with Crippen molar-refractivity contribution < 1.29 is 19.0 Å². The summed E-state index contributed by atoms with van der Waals surface area (Å²) in [6.45, 7) is 1.80. The van der Waals surface area contributed by atoms with Crippen LogP contribution in [0.4, 0.5) is 0 Å². The van der Waals surface area contributed by atoms with Gasteiger partial charge in [-0.05, 0) is 28.9 Å². The third kappa shape index (κ3) is 3.64. The molecule has 0 spiro atoms. The Labute approximate surface area is 113 Å². The lowest BCUT2D eigenvalue weighted by Crippen LogP contribution is -2.15. The SMILES string of the molecule is CCOC(=O)COc1c(Br)cc(C#N)cc1OC. The number of carbonyl (C=O) groups excluding carboxylic acids is 1. The highest BCUT2D eigenvalue weighted by Gasteiger charge is 2.13. The number of ether oxygens (including phenoxy) is 3. The van der Waals surface area contributed by atoms with Crippen LogP contribution in [0.5, 0.6) is 11.5 Å². The third-order valence-corrected chi connectivity index (χ3v) is 2.59. The summed E-state index contributed by atoms with van der Waals surface area (Å²) < 4.78 is 15.7. The number of nitriles is 1. The van der Waals surface area contributed by atoms with Gasteiger partial charge in [0.05, 0.1) is 29.8 Å². The number of hydrogen-bond donors (Lipinski definition) is 0. The number of esters is 1. The van der Waals surface area contributed by atoms with Crippen LogP contribution in [0.2, 0.25) is 0 Å². The van der Waals surface area contributed by atoms with Gasteiger partial charge < -0.3 is 14.2 Å². The molecule has 0 heterocycles. The van der Waals surface area contributed by atoms with Crippen LogP contribution in [0.3, 0.4) is 0 Å². The summed E-state index contributed by atoms with van der Waals surface area (Å²) >= 11 is 3.26. The van der Waals surface area contributed by atoms with Crippen LogP contribution in [0.1, 0.15) is 12.5 Å². The molecule has 0 saturated heterocycles. The van der Waals surface area contributed by atoms with E-state index in [0.29, 0.717) is 28.1 Å². The van der Waals surface area contributed by atoms with Crippen LogP contribution in [0.15, 0.2) is 16.6 Å². The number of halogens is 1. The first-order valence-corrected chi connectivity index (χ1v) is 5.97. The van der Waals surface area contributed by atoms with E-state index < -0.39 is 5.97 Å². The molecular weight excluding hydrogens is 302 g/mol. The number of nitrogens with zero attached hydrogens (tertiary/aromatic N) is 1. The zero-order chi connectivity index (χ0) is 13.5. The topological polar surface area (TPSA) is 68.5 Å². The second-order valence-electron chi connectivity index (χ2n) is 3.19. The fraction of sp³-hybridized carbons (Fsp3) is 0.333. The molecule has 0 amide bonds. The van der Waals surface area contributed by atoms with E-state index >= 15 is 0 Å². The minimum Gasteiger partial charge on any atom is -0.493 e. The van der Waals surface area contributed by atoms with Crippen LogP contribution in [0, 0.1) is 11.3 Å². The Bertz CT molecular complexity index is 482. The number of hydrogen-bond acceptors (Lipinski definition) is 5. The van der Waals surface area contributed by atoms with Crippen molar-refractivity contribution in [3.05, 3.63) is 22.2 Å². The summed E-state index contributed by atoms with van der Waals surface area (Å²) in [6, 6.07) is 5.12. The zero-order valence-electron chi connectivity index (χ0n) is 10.0. The van der Waals surface area contributed by atoms with E-state index in [1.165, 1.54) is 13.2 Å². The molecule has 0 aliphatic heterocycles. The van der Waals surface area contributed by atoms with Crippen LogP contribution in [0.25, 0.3) is 0 Å². The Hall–Kier alpha value is -1.74. The van der Waals surface area contributed by atoms with Gasteiger partial charge in [-0.2, -0.15) is 5.26 Å². The minimum atomic E-state index is -0.462. The Morgan fingerprint density at radius 1 is 1.50 bits per heavy atom. The van der Waals surface area contributed by atoms with Crippen molar-refractivity contribution in [3.8, 4) is 17.6 Å². The molecule has 0 aromatic heterocycles. The van der Waals surface area contributed by atoms with Crippen molar-refractivity contribution in [2.24, 2.45) is 0 Å². The van der Waals surface area contributed by atoms with Gasteiger partial charge >= 0.3 is 5.97 Å². The average Bonchev–Trinajstić information content (AvgIpc) is 2.36. The molecule has 18 heavy (non-hydrogen) atoms. The van der Waals surface area contributed by atoms with Gasteiger partial charge in [-0.3, -0.25) is 0 Å². The lowest BCUT2D eigenvalue weighted by molar-refractivity contribution is -0.145. The van der Waals surface area contributed by atoms with E-state index in [-0.39, 0.29) is 6.61 Å². The molecule has 0 N–H and O–H groups in total. The Morgan fingerprint density at radius 3 is 2.78 bits per heavy atom. The number of carbonyl (C=O) groups is 1. The summed E-state index contributed by atoms with van der Waals surface area (Å²) in [5.74, 6) is 0.283. The summed E-state index contributed by atoms with van der Waals surface area (Å²) in [5, 5.41) is 8.82. The summed E-state index contributed by atoms with van der Waals surface area (Å²) in [4.78, 5) is 11.2. The first kappa shape index (κ1) is 14.3. The minimum absolute atomic E-state index is 0.214. The van der Waals surface area contributed by atoms with Crippen molar-refractivity contribution in [1.29, 1.82) is 5.26 Å². The van der Waals surface area contributed by atoms with Crippen LogP contribution in [-0.2, 0) is 9.53 Å². The van der Waals surface area contributed by atoms with Gasteiger partial charge in [-0.25, -0.2) is 4.79 Å². The van der Waals surface area contributed by atoms with Crippen molar-refractivity contribution in [2.75, 3.05) is 20.3 Å². The van der Waals surface area contributed by atoms with E-state index in [1.807, 2.05) is 6.07 Å². The fourth-order valence-corrected chi connectivity index (χ4v) is 1.81. The predicted octanol–water partition coefficient (Wildman–Crippen LogP) is 2.27. The van der Waals surface area contributed by atoms with Crippen molar-refractivity contribution in [1.82, 2.24) is 0 Å². The van der Waals surface area contributed by atoms with E-state index in [9.17, 15) is 4.79 Å². The van der Waals surface area contributed by atoms with E-state index in [1.54, 1.807) is 13.0 Å². The van der Waals surface area contributed by atoms with Crippen LogP contribution >= 0.6 is 15.9 Å². The monoisotopic (exact) mass is 313 g/mol. The largest absolute Gasteiger partial charge is 0.493 e. The molecule has 0 radical (unpaired) electrons. The fourth-order valence-electron chi connectivity index (χ4n) is 1.26. The second kappa shape index (κ2) is 6.87. The van der Waals surface area contributed by atoms with Crippen LogP contribution < -0.4 is 9.47 Å². The highest BCUT2D eigenvalue weighted by Crippen LogP contribution is 2.36. The van der Waals surface area contributed by atoms with E-state index in [2.05, 4.69) is 15.9 Å². The highest BCUT2D eigenvalue weighted by atomic mass is 79.9. The molecule has 0 saturated carbocycles. The first-order chi connectivity index (χ1) is 8.62. The maximum Gasteiger partial charge on any atom is 0.344 e. The maximum absolute atomic E-state index is 11.2. The molecule has 1 aromatic rings. The summed E-state index contributed by atoms with van der Waals surface area (Å²) in [5.41, 5.74) is 0.433. The van der Waals surface area contributed by atoms with Gasteiger partial charge in [0.25, 0.3) is 0 Å². The smallest absolute Gasteiger partial charge is 0.344 e. The normalized spacial score (nSPS) is 9.44. The van der Waals surface area contributed by atoms with Crippen LogP contribution in [-0.4, -0.2) is 26.3 Å². The number of rotatable bonds is 5. The molecule has 96 valence electrons. The van der Waals surface area contributed by atoms with Gasteiger partial charge in [0, 0.05) is 6.07 Å². The van der Waals surface area contributed by atoms with E-state index in [4.69, 9.17) is 19.5 Å². The molecule has 0 unspecified atom stereocenters. The standard InChI is InChI=1S/C12H12BrNO4/c1-3-17-11(15)7-18-12-9(13)4-8(6-14)5-10(12)16-2/h4-5H,3,7H2,1-2H3. The Kier molecular flexibility index (Phi) is 5.46. The Morgan fingerprint density at radius 2 is 2.22 bits per heavy atom. The van der Waals surface area contributed by atoms with Crippen molar-refractivity contribution in [2.45, 2.75) is 6.92 Å². The zero-order valence-corrected chi connectivity index (χ0v) is 11.6. The number of methoxy groups -OCH3 is 1. The molecule has 0 bridgehead atoms. The quantitative estimate of drug-likeness (QED) is 0.780. The molecule has 6 heteroatoms. The van der Waals surface area contributed by atoms with Gasteiger partial charge in [0.1, 0.15) is 0 Å². The van der Waals surface area contributed by atoms with Gasteiger partial charge in [0.15, 0.2) is 18.1 Å². The van der Waals surface area contributed by atoms with Gasteiger partial charge in [-0.1, -0.05) is 0 Å². The lowest BCUT2D eigenvalue weighted by atomic mass is 10.2. The molecule has 0 fully saturated rings. The first-order valence-electron chi connectivity index (χ1n) is 5.18. The van der Waals surface area contributed by atoms with E-state index in [0.717, 1.165) is 0 Å². The third-order valence-electron chi connectivity index (χ3n) is 2.00. The van der Waals surface area contributed by atoms with Gasteiger partial charge in [-0.15, -0.1) is 0 Å². The predicted molar refractivity (Wildman–Crippen MR) is 67.5 cm³/mol. The Balaban J connectivity index is 2.88. The van der Waals surface area contributed by atoms with Crippen molar-refractivity contribution in [3.63, 3.8) is 0 Å². The molecule has 1 aromatic carbocycles.